The van der Waals surface area contributed by atoms with Crippen molar-refractivity contribution in [3.63, 3.8) is 0 Å². The molecular formula is C12H16O6. The minimum atomic E-state index is -0.625. The van der Waals surface area contributed by atoms with Crippen LogP contribution in [0.4, 0.5) is 4.79 Å². The van der Waals surface area contributed by atoms with Gasteiger partial charge in [0, 0.05) is 11.8 Å². The van der Waals surface area contributed by atoms with Crippen molar-refractivity contribution in [1.29, 1.82) is 0 Å². The van der Waals surface area contributed by atoms with Gasteiger partial charge < -0.3 is 18.9 Å². The molecule has 0 aromatic heterocycles. The predicted molar refractivity (Wildman–Crippen MR) is 59.3 cm³/mol. The summed E-state index contributed by atoms with van der Waals surface area (Å²) < 4.78 is 20.2. The van der Waals surface area contributed by atoms with Crippen LogP contribution in [0.2, 0.25) is 0 Å². The monoisotopic (exact) mass is 256 g/mol. The Balaban J connectivity index is 1.97. The van der Waals surface area contributed by atoms with Crippen LogP contribution in [0.15, 0.2) is 5.95 Å². The molecule has 2 saturated heterocycles. The van der Waals surface area contributed by atoms with Crippen LogP contribution in [-0.4, -0.2) is 38.0 Å². The van der Waals surface area contributed by atoms with E-state index in [-0.39, 0.29) is 17.5 Å². The van der Waals surface area contributed by atoms with Crippen LogP contribution >= 0.6 is 0 Å². The molecule has 1 atom stereocenters. The first-order valence-electron chi connectivity index (χ1n) is 6.01. The molecule has 6 nitrogen and oxygen atoms in total. The van der Waals surface area contributed by atoms with Crippen LogP contribution in [0.3, 0.4) is 0 Å². The van der Waals surface area contributed by atoms with Gasteiger partial charge in [-0.2, -0.15) is 0 Å². The van der Waals surface area contributed by atoms with Crippen LogP contribution in [0.1, 0.15) is 26.2 Å². The number of carbonyl (C=O) groups excluding carboxylic acids is 2. The van der Waals surface area contributed by atoms with Crippen molar-refractivity contribution in [2.75, 3.05) is 19.8 Å². The fourth-order valence-electron chi connectivity index (χ4n) is 2.18. The number of rotatable bonds is 3. The van der Waals surface area contributed by atoms with E-state index < -0.39 is 6.16 Å². The van der Waals surface area contributed by atoms with Crippen LogP contribution in [0, 0.1) is 5.41 Å². The third-order valence-electron chi connectivity index (χ3n) is 3.43. The average Bonchev–Trinajstić information content (AvgIpc) is 2.42. The van der Waals surface area contributed by atoms with E-state index in [9.17, 15) is 9.59 Å². The van der Waals surface area contributed by atoms with Crippen molar-refractivity contribution in [2.24, 2.45) is 5.41 Å². The summed E-state index contributed by atoms with van der Waals surface area (Å²) in [6.45, 7) is 3.10. The maximum atomic E-state index is 10.9. The van der Waals surface area contributed by atoms with Crippen LogP contribution < -0.4 is 0 Å². The number of ether oxygens (including phenoxy) is 4. The van der Waals surface area contributed by atoms with Crippen molar-refractivity contribution in [3.05, 3.63) is 5.95 Å². The fourth-order valence-corrected chi connectivity index (χ4v) is 2.18. The van der Waals surface area contributed by atoms with Gasteiger partial charge in [0.1, 0.15) is 19.3 Å². The summed E-state index contributed by atoms with van der Waals surface area (Å²) >= 11 is 0. The third kappa shape index (κ3) is 2.76. The van der Waals surface area contributed by atoms with Gasteiger partial charge in [0.25, 0.3) is 0 Å². The minimum Gasteiger partial charge on any atom is -0.457 e. The molecule has 100 valence electrons. The Morgan fingerprint density at radius 2 is 2.06 bits per heavy atom. The van der Waals surface area contributed by atoms with E-state index in [1.165, 1.54) is 0 Å². The van der Waals surface area contributed by atoms with E-state index in [0.717, 1.165) is 6.42 Å². The maximum Gasteiger partial charge on any atom is 0.508 e. The number of hydrogen-bond donors (Lipinski definition) is 0. The lowest BCUT2D eigenvalue weighted by Gasteiger charge is -2.38. The van der Waals surface area contributed by atoms with E-state index >= 15 is 0 Å². The molecule has 2 fully saturated rings. The Labute approximate surface area is 105 Å². The minimum absolute atomic E-state index is 0.0915. The Hall–Kier alpha value is -1.68. The molecule has 0 radical (unpaired) electrons. The highest BCUT2D eigenvalue weighted by Gasteiger charge is 2.39. The van der Waals surface area contributed by atoms with Crippen molar-refractivity contribution in [2.45, 2.75) is 32.3 Å². The van der Waals surface area contributed by atoms with Gasteiger partial charge in [-0.25, -0.2) is 9.59 Å². The predicted octanol–water partition coefficient (Wildman–Crippen LogP) is 1.42. The molecule has 0 aromatic rings. The zero-order valence-electron chi connectivity index (χ0n) is 10.3. The molecule has 2 aliphatic rings. The van der Waals surface area contributed by atoms with Crippen molar-refractivity contribution >= 4 is 12.1 Å². The lowest BCUT2D eigenvalue weighted by molar-refractivity contribution is -0.112. The zero-order valence-corrected chi connectivity index (χ0v) is 10.3. The third-order valence-corrected chi connectivity index (χ3v) is 3.43. The van der Waals surface area contributed by atoms with Gasteiger partial charge in [-0.1, -0.05) is 6.92 Å². The highest BCUT2D eigenvalue weighted by molar-refractivity contribution is 5.60. The van der Waals surface area contributed by atoms with Crippen molar-refractivity contribution in [1.82, 2.24) is 0 Å². The Bertz CT molecular complexity index is 361. The van der Waals surface area contributed by atoms with Gasteiger partial charge in [-0.15, -0.1) is 0 Å². The first-order chi connectivity index (χ1) is 8.67. The second-order valence-electron chi connectivity index (χ2n) is 4.65. The first kappa shape index (κ1) is 12.8. The van der Waals surface area contributed by atoms with E-state index in [1.54, 1.807) is 5.94 Å². The molecule has 0 amide bonds. The molecule has 2 aliphatic heterocycles. The standard InChI is InChI=1S/C12H16O6/c1-2-12(7-16-11(14)17-8-12)5-9-3-4-15-10(6-13)18-9/h9H,2-5,7-8H2,1H3. The lowest BCUT2D eigenvalue weighted by atomic mass is 9.80. The van der Waals surface area contributed by atoms with Gasteiger partial charge >= 0.3 is 12.1 Å². The summed E-state index contributed by atoms with van der Waals surface area (Å²) in [4.78, 5) is 21.4. The SMILES string of the molecule is CCC1(CC2CCOC(=C=O)O2)COC(=O)OC1. The smallest absolute Gasteiger partial charge is 0.457 e. The summed E-state index contributed by atoms with van der Waals surface area (Å²) in [5.74, 6) is 1.52. The largest absolute Gasteiger partial charge is 0.508 e. The van der Waals surface area contributed by atoms with Crippen molar-refractivity contribution < 1.29 is 28.5 Å². The Kier molecular flexibility index (Phi) is 3.77. The highest BCUT2D eigenvalue weighted by atomic mass is 16.7. The number of carbonyl (C=O) groups is 1. The molecule has 18 heavy (non-hydrogen) atoms. The molecule has 0 spiro atoms. The first-order valence-corrected chi connectivity index (χ1v) is 6.01. The molecule has 2 heterocycles. The summed E-state index contributed by atoms with van der Waals surface area (Å²) in [6.07, 6.45) is 1.41. The van der Waals surface area contributed by atoms with Gasteiger partial charge in [-0.3, -0.25) is 0 Å². The molecule has 0 bridgehead atoms. The van der Waals surface area contributed by atoms with E-state index in [4.69, 9.17) is 18.9 Å². The van der Waals surface area contributed by atoms with E-state index in [0.29, 0.717) is 32.7 Å². The second-order valence-corrected chi connectivity index (χ2v) is 4.65. The van der Waals surface area contributed by atoms with Crippen LogP contribution in [0.5, 0.6) is 0 Å². The molecule has 0 aliphatic carbocycles. The van der Waals surface area contributed by atoms with Gasteiger partial charge in [0.2, 0.25) is 5.94 Å². The average molecular weight is 256 g/mol. The summed E-state index contributed by atoms with van der Waals surface area (Å²) in [7, 11) is 0. The molecule has 0 saturated carbocycles. The van der Waals surface area contributed by atoms with Gasteiger partial charge in [-0.05, 0) is 12.8 Å². The number of hydrogen-bond acceptors (Lipinski definition) is 6. The van der Waals surface area contributed by atoms with E-state index in [1.807, 2.05) is 6.92 Å². The molecule has 6 heteroatoms. The second kappa shape index (κ2) is 5.31. The summed E-state index contributed by atoms with van der Waals surface area (Å²) in [6, 6.07) is 0. The summed E-state index contributed by atoms with van der Waals surface area (Å²) in [5.41, 5.74) is -0.246. The van der Waals surface area contributed by atoms with Crippen LogP contribution in [0.25, 0.3) is 0 Å². The van der Waals surface area contributed by atoms with Crippen molar-refractivity contribution in [3.8, 4) is 0 Å². The molecule has 0 N–H and O–H groups in total. The van der Waals surface area contributed by atoms with Gasteiger partial charge in [0.05, 0.1) is 6.61 Å². The normalized spacial score (nSPS) is 26.2. The molecule has 2 rings (SSSR count). The van der Waals surface area contributed by atoms with Crippen LogP contribution in [-0.2, 0) is 23.7 Å². The Morgan fingerprint density at radius 3 is 2.67 bits per heavy atom. The van der Waals surface area contributed by atoms with E-state index in [2.05, 4.69) is 0 Å². The maximum absolute atomic E-state index is 10.9. The quantitative estimate of drug-likeness (QED) is 0.561. The van der Waals surface area contributed by atoms with Gasteiger partial charge in [0.15, 0.2) is 0 Å². The topological polar surface area (TPSA) is 71.1 Å². The highest BCUT2D eigenvalue weighted by Crippen LogP contribution is 2.35. The molecule has 0 aromatic carbocycles. The zero-order chi connectivity index (χ0) is 13.0. The Morgan fingerprint density at radius 1 is 1.33 bits per heavy atom. The molecular weight excluding hydrogens is 240 g/mol. The summed E-state index contributed by atoms with van der Waals surface area (Å²) in [5, 5.41) is 0. The molecule has 1 unspecified atom stereocenters. The fraction of sp³-hybridized carbons (Fsp3) is 0.750. The lowest BCUT2D eigenvalue weighted by Crippen LogP contribution is -2.42. The number of cyclic esters (lactones) is 2.